The summed E-state index contributed by atoms with van der Waals surface area (Å²) in [5.74, 6) is -1.48. The smallest absolute Gasteiger partial charge is 0.338 e. The van der Waals surface area contributed by atoms with Gasteiger partial charge in [0.2, 0.25) is 0 Å². The number of rotatable bonds is 6. The van der Waals surface area contributed by atoms with Crippen LogP contribution in [0, 0.1) is 17.0 Å². The van der Waals surface area contributed by atoms with Gasteiger partial charge in [-0.2, -0.15) is 0 Å². The molecule has 2 aromatic carbocycles. The maximum atomic E-state index is 12.8. The molecular formula is C22H23N3O6. The van der Waals surface area contributed by atoms with Crippen LogP contribution >= 0.6 is 0 Å². The second-order valence-corrected chi connectivity index (χ2v) is 7.18. The maximum absolute atomic E-state index is 12.8. The van der Waals surface area contributed by atoms with Crippen molar-refractivity contribution in [1.82, 2.24) is 4.90 Å². The summed E-state index contributed by atoms with van der Waals surface area (Å²) in [6.07, 6.45) is 1.94. The molecular weight excluding hydrogens is 402 g/mol. The lowest BCUT2D eigenvalue weighted by Crippen LogP contribution is -2.28. The van der Waals surface area contributed by atoms with E-state index in [0.717, 1.165) is 25.0 Å². The van der Waals surface area contributed by atoms with Crippen LogP contribution in [0.4, 0.5) is 11.4 Å². The van der Waals surface area contributed by atoms with Crippen molar-refractivity contribution in [2.45, 2.75) is 26.7 Å². The van der Waals surface area contributed by atoms with Gasteiger partial charge in [-0.15, -0.1) is 0 Å². The van der Waals surface area contributed by atoms with Crippen molar-refractivity contribution >= 4 is 29.2 Å². The molecule has 1 heterocycles. The first kappa shape index (κ1) is 21.9. The van der Waals surface area contributed by atoms with Crippen molar-refractivity contribution in [2.24, 2.45) is 0 Å². The Hall–Kier alpha value is -3.75. The lowest BCUT2D eigenvalue weighted by molar-refractivity contribution is -0.384. The van der Waals surface area contributed by atoms with Crippen LogP contribution < -0.4 is 5.32 Å². The minimum absolute atomic E-state index is 0.0621. The minimum atomic E-state index is -0.755. The highest BCUT2D eigenvalue weighted by Gasteiger charge is 2.23. The number of hydrogen-bond acceptors (Lipinski definition) is 6. The zero-order valence-corrected chi connectivity index (χ0v) is 17.3. The molecule has 31 heavy (non-hydrogen) atoms. The predicted molar refractivity (Wildman–Crippen MR) is 113 cm³/mol. The summed E-state index contributed by atoms with van der Waals surface area (Å²) >= 11 is 0. The minimum Gasteiger partial charge on any atom is -0.462 e. The van der Waals surface area contributed by atoms with Gasteiger partial charge in [0, 0.05) is 42.0 Å². The van der Waals surface area contributed by atoms with Crippen molar-refractivity contribution in [3.8, 4) is 0 Å². The van der Waals surface area contributed by atoms with Crippen molar-refractivity contribution in [3.05, 3.63) is 68.8 Å². The molecule has 0 bridgehead atoms. The van der Waals surface area contributed by atoms with Crippen LogP contribution in [0.15, 0.2) is 36.4 Å². The molecule has 2 amide bonds. The van der Waals surface area contributed by atoms with Gasteiger partial charge < -0.3 is 15.0 Å². The average Bonchev–Trinajstić information content (AvgIpc) is 3.29. The van der Waals surface area contributed by atoms with E-state index >= 15 is 0 Å². The number of esters is 1. The Morgan fingerprint density at radius 1 is 1.13 bits per heavy atom. The third kappa shape index (κ3) is 4.88. The molecule has 0 radical (unpaired) electrons. The van der Waals surface area contributed by atoms with Gasteiger partial charge in [-0.3, -0.25) is 19.7 Å². The number of anilines is 1. The summed E-state index contributed by atoms with van der Waals surface area (Å²) in [4.78, 5) is 50.0. The van der Waals surface area contributed by atoms with Gasteiger partial charge in [0.25, 0.3) is 17.5 Å². The number of benzene rings is 2. The number of nitrogens with one attached hydrogen (secondary N) is 1. The van der Waals surface area contributed by atoms with Gasteiger partial charge in [0.15, 0.2) is 0 Å². The average molecular weight is 425 g/mol. The van der Waals surface area contributed by atoms with Crippen LogP contribution in [0.5, 0.6) is 0 Å². The number of hydrogen-bond donors (Lipinski definition) is 1. The van der Waals surface area contributed by atoms with Gasteiger partial charge in [-0.05, 0) is 50.5 Å². The molecule has 0 aliphatic carbocycles. The van der Waals surface area contributed by atoms with Crippen LogP contribution in [-0.4, -0.2) is 47.3 Å². The Morgan fingerprint density at radius 3 is 2.45 bits per heavy atom. The SMILES string of the molecule is CCOC(=O)c1cc(C(=O)Nc2cccc(C(=O)N3CCCC3)c2C)cc([N+](=O)[O-])c1. The third-order valence-electron chi connectivity index (χ3n) is 5.11. The molecule has 9 nitrogen and oxygen atoms in total. The highest BCUT2D eigenvalue weighted by atomic mass is 16.6. The first-order chi connectivity index (χ1) is 14.8. The summed E-state index contributed by atoms with van der Waals surface area (Å²) in [7, 11) is 0. The Labute approximate surface area is 179 Å². The Bertz CT molecular complexity index is 1040. The zero-order valence-electron chi connectivity index (χ0n) is 17.3. The lowest BCUT2D eigenvalue weighted by Gasteiger charge is -2.18. The Balaban J connectivity index is 1.89. The number of carbonyl (C=O) groups is 3. The van der Waals surface area contributed by atoms with Crippen molar-refractivity contribution in [1.29, 1.82) is 0 Å². The fraction of sp³-hybridized carbons (Fsp3) is 0.318. The molecule has 3 rings (SSSR count). The number of carbonyl (C=O) groups excluding carboxylic acids is 3. The summed E-state index contributed by atoms with van der Waals surface area (Å²) < 4.78 is 4.89. The molecule has 0 saturated carbocycles. The molecule has 0 unspecified atom stereocenters. The fourth-order valence-corrected chi connectivity index (χ4v) is 3.47. The number of nitro benzene ring substituents is 1. The summed E-state index contributed by atoms with van der Waals surface area (Å²) in [6, 6.07) is 8.43. The highest BCUT2D eigenvalue weighted by Crippen LogP contribution is 2.24. The molecule has 0 spiro atoms. The summed E-state index contributed by atoms with van der Waals surface area (Å²) in [6.45, 7) is 4.86. The molecule has 1 saturated heterocycles. The standard InChI is InChI=1S/C22H23N3O6/c1-3-31-22(28)16-11-15(12-17(13-16)25(29)30)20(26)23-19-8-6-7-18(14(19)2)21(27)24-9-4-5-10-24/h6-8,11-13H,3-5,9-10H2,1-2H3,(H,23,26). The van der Waals surface area contributed by atoms with E-state index in [1.165, 1.54) is 6.07 Å². The number of nitrogens with zero attached hydrogens (tertiary/aromatic N) is 2. The van der Waals surface area contributed by atoms with Gasteiger partial charge in [0.1, 0.15) is 0 Å². The highest BCUT2D eigenvalue weighted by molar-refractivity contribution is 6.07. The van der Waals surface area contributed by atoms with E-state index in [-0.39, 0.29) is 23.6 Å². The second kappa shape index (κ2) is 9.38. The zero-order chi connectivity index (χ0) is 22.5. The topological polar surface area (TPSA) is 119 Å². The number of amides is 2. The van der Waals surface area contributed by atoms with E-state index in [4.69, 9.17) is 4.74 Å². The lowest BCUT2D eigenvalue weighted by atomic mass is 10.0. The molecule has 0 aromatic heterocycles. The van der Waals surface area contributed by atoms with Gasteiger partial charge >= 0.3 is 5.97 Å². The van der Waals surface area contributed by atoms with Gasteiger partial charge in [-0.25, -0.2) is 4.79 Å². The van der Waals surface area contributed by atoms with Crippen molar-refractivity contribution in [3.63, 3.8) is 0 Å². The molecule has 1 aliphatic rings. The van der Waals surface area contributed by atoms with Crippen LogP contribution in [0.1, 0.15) is 56.4 Å². The predicted octanol–water partition coefficient (Wildman–Crippen LogP) is 3.57. The van der Waals surface area contributed by atoms with E-state index in [0.29, 0.717) is 29.9 Å². The van der Waals surface area contributed by atoms with E-state index < -0.39 is 22.5 Å². The van der Waals surface area contributed by atoms with E-state index in [2.05, 4.69) is 5.32 Å². The van der Waals surface area contributed by atoms with E-state index in [1.807, 2.05) is 0 Å². The quantitative estimate of drug-likeness (QED) is 0.429. The molecule has 1 N–H and O–H groups in total. The molecule has 1 aliphatic heterocycles. The molecule has 0 atom stereocenters. The largest absolute Gasteiger partial charge is 0.462 e. The number of ether oxygens (including phenoxy) is 1. The third-order valence-corrected chi connectivity index (χ3v) is 5.11. The molecule has 162 valence electrons. The number of nitro groups is 1. The van der Waals surface area contributed by atoms with Crippen LogP contribution in [-0.2, 0) is 4.74 Å². The summed E-state index contributed by atoms with van der Waals surface area (Å²) in [5, 5.41) is 13.9. The molecule has 2 aromatic rings. The van der Waals surface area contributed by atoms with E-state index in [1.54, 1.807) is 36.9 Å². The molecule has 9 heteroatoms. The second-order valence-electron chi connectivity index (χ2n) is 7.18. The van der Waals surface area contributed by atoms with E-state index in [9.17, 15) is 24.5 Å². The monoisotopic (exact) mass is 425 g/mol. The van der Waals surface area contributed by atoms with Gasteiger partial charge in [-0.1, -0.05) is 6.07 Å². The molecule has 1 fully saturated rings. The first-order valence-electron chi connectivity index (χ1n) is 9.98. The van der Waals surface area contributed by atoms with Crippen LogP contribution in [0.2, 0.25) is 0 Å². The van der Waals surface area contributed by atoms with Crippen molar-refractivity contribution < 1.29 is 24.0 Å². The fourth-order valence-electron chi connectivity index (χ4n) is 3.47. The number of likely N-dealkylation sites (tertiary alicyclic amines) is 1. The van der Waals surface area contributed by atoms with Crippen molar-refractivity contribution in [2.75, 3.05) is 25.0 Å². The van der Waals surface area contributed by atoms with Crippen LogP contribution in [0.3, 0.4) is 0 Å². The van der Waals surface area contributed by atoms with Gasteiger partial charge in [0.05, 0.1) is 17.1 Å². The normalized spacial score (nSPS) is 13.0. The Kier molecular flexibility index (Phi) is 6.64. The first-order valence-corrected chi connectivity index (χ1v) is 9.98. The Morgan fingerprint density at radius 2 is 1.81 bits per heavy atom. The number of non-ortho nitro benzene ring substituents is 1. The summed E-state index contributed by atoms with van der Waals surface area (Å²) in [5.41, 5.74) is 0.961. The van der Waals surface area contributed by atoms with Crippen LogP contribution in [0.25, 0.3) is 0 Å². The maximum Gasteiger partial charge on any atom is 0.338 e.